The summed E-state index contributed by atoms with van der Waals surface area (Å²) in [6.07, 6.45) is 8.47. The van der Waals surface area contributed by atoms with Crippen LogP contribution in [0.25, 0.3) is 0 Å². The van der Waals surface area contributed by atoms with Crippen LogP contribution >= 0.6 is 11.3 Å². The van der Waals surface area contributed by atoms with E-state index in [0.717, 1.165) is 38.9 Å². The number of rotatable bonds is 7. The van der Waals surface area contributed by atoms with E-state index in [0.29, 0.717) is 18.6 Å². The fourth-order valence-electron chi connectivity index (χ4n) is 3.59. The summed E-state index contributed by atoms with van der Waals surface area (Å²) in [6.45, 7) is 3.22. The van der Waals surface area contributed by atoms with Gasteiger partial charge in [0.05, 0.1) is 13.1 Å². The third-order valence-electron chi connectivity index (χ3n) is 5.04. The molecule has 0 unspecified atom stereocenters. The van der Waals surface area contributed by atoms with Crippen molar-refractivity contribution < 1.29 is 4.79 Å². The molecule has 1 aliphatic heterocycles. The van der Waals surface area contributed by atoms with Gasteiger partial charge in [0.1, 0.15) is 0 Å². The van der Waals surface area contributed by atoms with Gasteiger partial charge >= 0.3 is 0 Å². The van der Waals surface area contributed by atoms with Crippen LogP contribution in [0.5, 0.6) is 0 Å². The fraction of sp³-hybridized carbons (Fsp3) is 0.556. The molecule has 0 radical (unpaired) electrons. The van der Waals surface area contributed by atoms with Crippen LogP contribution in [0.4, 0.5) is 0 Å². The zero-order valence-corrected chi connectivity index (χ0v) is 14.7. The number of likely N-dealkylation sites (tertiary alicyclic amines) is 1. The molecule has 2 aromatic rings. The van der Waals surface area contributed by atoms with E-state index in [9.17, 15) is 4.79 Å². The van der Waals surface area contributed by atoms with Crippen LogP contribution in [-0.4, -0.2) is 50.7 Å². The van der Waals surface area contributed by atoms with E-state index in [2.05, 4.69) is 31.7 Å². The first-order valence-corrected chi connectivity index (χ1v) is 9.76. The summed E-state index contributed by atoms with van der Waals surface area (Å²) < 4.78 is 1.98. The molecule has 1 aliphatic carbocycles. The normalized spacial score (nSPS) is 21.2. The number of amides is 1. The SMILES string of the molecule is O=C(CN1CCC[C@H]1Cn1cccn1)N(Cc1ccsc1)C1CC1. The maximum absolute atomic E-state index is 12.9. The minimum Gasteiger partial charge on any atom is -0.334 e. The Morgan fingerprint density at radius 3 is 3.00 bits per heavy atom. The third kappa shape index (κ3) is 3.70. The summed E-state index contributed by atoms with van der Waals surface area (Å²) in [6, 6.07) is 4.98. The molecule has 1 atom stereocenters. The topological polar surface area (TPSA) is 41.4 Å². The molecule has 5 nitrogen and oxygen atoms in total. The van der Waals surface area contributed by atoms with Crippen molar-refractivity contribution in [3.05, 3.63) is 40.8 Å². The molecule has 128 valence electrons. The second kappa shape index (κ2) is 7.07. The molecule has 2 aromatic heterocycles. The van der Waals surface area contributed by atoms with Gasteiger partial charge < -0.3 is 4.90 Å². The first-order valence-electron chi connectivity index (χ1n) is 8.81. The van der Waals surface area contributed by atoms with Gasteiger partial charge in [-0.1, -0.05) is 0 Å². The average molecular weight is 344 g/mol. The van der Waals surface area contributed by atoms with Gasteiger partial charge in [0.2, 0.25) is 5.91 Å². The van der Waals surface area contributed by atoms with Crippen molar-refractivity contribution in [3.63, 3.8) is 0 Å². The molecular formula is C18H24N4OS. The van der Waals surface area contributed by atoms with Crippen molar-refractivity contribution in [1.29, 1.82) is 0 Å². The molecule has 4 rings (SSSR count). The highest BCUT2D eigenvalue weighted by Crippen LogP contribution is 2.29. The highest BCUT2D eigenvalue weighted by atomic mass is 32.1. The van der Waals surface area contributed by atoms with E-state index in [1.165, 1.54) is 12.0 Å². The van der Waals surface area contributed by atoms with Gasteiger partial charge in [-0.25, -0.2) is 0 Å². The summed E-state index contributed by atoms with van der Waals surface area (Å²) in [5, 5.41) is 8.55. The Balaban J connectivity index is 1.38. The number of nitrogens with zero attached hydrogens (tertiary/aromatic N) is 4. The van der Waals surface area contributed by atoms with Crippen molar-refractivity contribution in [2.75, 3.05) is 13.1 Å². The highest BCUT2D eigenvalue weighted by molar-refractivity contribution is 7.07. The highest BCUT2D eigenvalue weighted by Gasteiger charge is 2.35. The van der Waals surface area contributed by atoms with Crippen LogP contribution in [0.3, 0.4) is 0 Å². The quantitative estimate of drug-likeness (QED) is 0.775. The van der Waals surface area contributed by atoms with E-state index in [1.54, 1.807) is 11.3 Å². The van der Waals surface area contributed by atoms with Crippen molar-refractivity contribution in [2.45, 2.75) is 50.9 Å². The molecule has 2 aliphatic rings. The number of hydrogen-bond acceptors (Lipinski definition) is 4. The maximum Gasteiger partial charge on any atom is 0.237 e. The standard InChI is InChI=1S/C18H24N4OS/c23-18(22(16-4-5-16)11-15-6-10-24-14-15)13-20-8-1-3-17(20)12-21-9-2-7-19-21/h2,6-7,9-10,14,16-17H,1,3-5,8,11-13H2/t17-/m0/s1. The Morgan fingerprint density at radius 1 is 1.38 bits per heavy atom. The molecule has 1 amide bonds. The van der Waals surface area contributed by atoms with E-state index in [4.69, 9.17) is 0 Å². The average Bonchev–Trinajstić information content (AvgIpc) is 2.99. The lowest BCUT2D eigenvalue weighted by molar-refractivity contribution is -0.134. The smallest absolute Gasteiger partial charge is 0.237 e. The van der Waals surface area contributed by atoms with Gasteiger partial charge in [-0.3, -0.25) is 14.4 Å². The summed E-state index contributed by atoms with van der Waals surface area (Å²) in [7, 11) is 0. The number of carbonyl (C=O) groups is 1. The Kier molecular flexibility index (Phi) is 4.67. The minimum atomic E-state index is 0.288. The van der Waals surface area contributed by atoms with Crippen molar-refractivity contribution in [3.8, 4) is 0 Å². The Hall–Kier alpha value is -1.66. The fourth-order valence-corrected chi connectivity index (χ4v) is 4.25. The third-order valence-corrected chi connectivity index (χ3v) is 5.77. The number of hydrogen-bond donors (Lipinski definition) is 0. The largest absolute Gasteiger partial charge is 0.334 e. The Labute approximate surface area is 146 Å². The lowest BCUT2D eigenvalue weighted by atomic mass is 10.2. The monoisotopic (exact) mass is 344 g/mol. The van der Waals surface area contributed by atoms with Gasteiger partial charge in [-0.2, -0.15) is 16.4 Å². The van der Waals surface area contributed by atoms with E-state index in [1.807, 2.05) is 23.1 Å². The van der Waals surface area contributed by atoms with Crippen LogP contribution in [-0.2, 0) is 17.9 Å². The van der Waals surface area contributed by atoms with Gasteiger partial charge in [0, 0.05) is 31.0 Å². The van der Waals surface area contributed by atoms with Crippen molar-refractivity contribution in [2.24, 2.45) is 0 Å². The van der Waals surface area contributed by atoms with Crippen LogP contribution in [0.1, 0.15) is 31.2 Å². The van der Waals surface area contributed by atoms with E-state index < -0.39 is 0 Å². The predicted molar refractivity (Wildman–Crippen MR) is 94.7 cm³/mol. The van der Waals surface area contributed by atoms with Gasteiger partial charge in [0.15, 0.2) is 0 Å². The molecule has 3 heterocycles. The van der Waals surface area contributed by atoms with Gasteiger partial charge in [-0.15, -0.1) is 0 Å². The Morgan fingerprint density at radius 2 is 2.29 bits per heavy atom. The second-order valence-electron chi connectivity index (χ2n) is 6.88. The summed E-state index contributed by atoms with van der Waals surface area (Å²) in [4.78, 5) is 17.4. The van der Waals surface area contributed by atoms with E-state index in [-0.39, 0.29) is 5.91 Å². The predicted octanol–water partition coefficient (Wildman–Crippen LogP) is 2.60. The number of carbonyl (C=O) groups excluding carboxylic acids is 1. The molecule has 0 N–H and O–H groups in total. The molecule has 1 saturated carbocycles. The molecule has 0 spiro atoms. The first-order chi connectivity index (χ1) is 11.8. The molecule has 0 aromatic carbocycles. The second-order valence-corrected chi connectivity index (χ2v) is 7.66. The van der Waals surface area contributed by atoms with Crippen LogP contribution < -0.4 is 0 Å². The van der Waals surface area contributed by atoms with E-state index >= 15 is 0 Å². The first kappa shape index (κ1) is 15.8. The molecule has 24 heavy (non-hydrogen) atoms. The molecule has 6 heteroatoms. The van der Waals surface area contributed by atoms with Crippen molar-refractivity contribution >= 4 is 17.2 Å². The summed E-state index contributed by atoms with van der Waals surface area (Å²) >= 11 is 1.70. The lowest BCUT2D eigenvalue weighted by Gasteiger charge is -2.28. The molecule has 0 bridgehead atoms. The number of aromatic nitrogens is 2. The summed E-state index contributed by atoms with van der Waals surface area (Å²) in [5.41, 5.74) is 1.26. The van der Waals surface area contributed by atoms with Crippen molar-refractivity contribution in [1.82, 2.24) is 19.6 Å². The lowest BCUT2D eigenvalue weighted by Crippen LogP contribution is -2.44. The van der Waals surface area contributed by atoms with Crippen LogP contribution in [0.2, 0.25) is 0 Å². The van der Waals surface area contributed by atoms with Gasteiger partial charge in [0.25, 0.3) is 0 Å². The molecular weight excluding hydrogens is 320 g/mol. The number of thiophene rings is 1. The Bertz CT molecular complexity index is 651. The zero-order chi connectivity index (χ0) is 16.4. The molecule has 1 saturated heterocycles. The maximum atomic E-state index is 12.9. The minimum absolute atomic E-state index is 0.288. The molecule has 2 fully saturated rings. The van der Waals surface area contributed by atoms with Crippen LogP contribution in [0.15, 0.2) is 35.3 Å². The summed E-state index contributed by atoms with van der Waals surface area (Å²) in [5.74, 6) is 0.288. The van der Waals surface area contributed by atoms with Crippen LogP contribution in [0, 0.1) is 0 Å². The zero-order valence-electron chi connectivity index (χ0n) is 13.9. The van der Waals surface area contributed by atoms with Gasteiger partial charge in [-0.05, 0) is 60.7 Å².